The van der Waals surface area contributed by atoms with Crippen LogP contribution in [-0.2, 0) is 13.6 Å². The molecule has 2 aliphatic rings. The summed E-state index contributed by atoms with van der Waals surface area (Å²) in [5.41, 5.74) is -0.0302. The first-order chi connectivity index (χ1) is 12.1. The maximum Gasteiger partial charge on any atom is 0.293 e. The van der Waals surface area contributed by atoms with Crippen LogP contribution >= 0.6 is 0 Å². The van der Waals surface area contributed by atoms with E-state index >= 15 is 0 Å². The van der Waals surface area contributed by atoms with Gasteiger partial charge in [0.1, 0.15) is 11.5 Å². The van der Waals surface area contributed by atoms with Crippen LogP contribution in [0.2, 0.25) is 0 Å². The van der Waals surface area contributed by atoms with Crippen LogP contribution in [0.25, 0.3) is 0 Å². The Hall–Kier alpha value is -2.08. The van der Waals surface area contributed by atoms with Crippen molar-refractivity contribution in [3.63, 3.8) is 0 Å². The largest absolute Gasteiger partial charge is 0.464 e. The molecule has 0 spiro atoms. The SMILES string of the molecule is CC1CC1c1ccc(CNC2CCCN(c3nccn(C)c3=O)C2)o1. The summed E-state index contributed by atoms with van der Waals surface area (Å²) in [6.07, 6.45) is 6.80. The zero-order valence-electron chi connectivity index (χ0n) is 14.9. The normalized spacial score (nSPS) is 26.0. The zero-order chi connectivity index (χ0) is 17.4. The van der Waals surface area contributed by atoms with Gasteiger partial charge in [-0.3, -0.25) is 4.79 Å². The van der Waals surface area contributed by atoms with Gasteiger partial charge in [-0.2, -0.15) is 0 Å². The molecule has 1 saturated carbocycles. The predicted octanol–water partition coefficient (Wildman–Crippen LogP) is 2.26. The van der Waals surface area contributed by atoms with Gasteiger partial charge in [0.05, 0.1) is 6.54 Å². The fourth-order valence-corrected chi connectivity index (χ4v) is 3.69. The molecule has 0 aromatic carbocycles. The Balaban J connectivity index is 1.36. The van der Waals surface area contributed by atoms with Gasteiger partial charge >= 0.3 is 0 Å². The minimum Gasteiger partial charge on any atom is -0.464 e. The molecule has 2 fully saturated rings. The first-order valence-corrected chi connectivity index (χ1v) is 9.20. The third kappa shape index (κ3) is 3.49. The highest BCUT2D eigenvalue weighted by Crippen LogP contribution is 2.47. The molecule has 134 valence electrons. The summed E-state index contributed by atoms with van der Waals surface area (Å²) in [6, 6.07) is 4.55. The Morgan fingerprint density at radius 1 is 1.40 bits per heavy atom. The number of piperidine rings is 1. The summed E-state index contributed by atoms with van der Waals surface area (Å²) in [7, 11) is 1.77. The smallest absolute Gasteiger partial charge is 0.293 e. The zero-order valence-corrected chi connectivity index (χ0v) is 14.9. The van der Waals surface area contributed by atoms with Crippen molar-refractivity contribution in [3.05, 3.63) is 46.4 Å². The summed E-state index contributed by atoms with van der Waals surface area (Å²) in [6.45, 7) is 4.69. The molecule has 0 amide bonds. The number of aromatic nitrogens is 2. The van der Waals surface area contributed by atoms with E-state index in [9.17, 15) is 4.79 Å². The van der Waals surface area contributed by atoms with Crippen molar-refractivity contribution in [2.75, 3.05) is 18.0 Å². The third-order valence-electron chi connectivity index (χ3n) is 5.44. The molecule has 3 heterocycles. The highest BCUT2D eigenvalue weighted by molar-refractivity contribution is 5.36. The summed E-state index contributed by atoms with van der Waals surface area (Å²) < 4.78 is 7.56. The molecular weight excluding hydrogens is 316 g/mol. The molecule has 2 aromatic heterocycles. The van der Waals surface area contributed by atoms with Crippen molar-refractivity contribution < 1.29 is 4.42 Å². The molecule has 0 bridgehead atoms. The van der Waals surface area contributed by atoms with Crippen LogP contribution in [-0.4, -0.2) is 28.7 Å². The van der Waals surface area contributed by atoms with Crippen LogP contribution in [0, 0.1) is 5.92 Å². The lowest BCUT2D eigenvalue weighted by atomic mass is 10.1. The molecule has 6 heteroatoms. The highest BCUT2D eigenvalue weighted by atomic mass is 16.3. The fourth-order valence-electron chi connectivity index (χ4n) is 3.69. The summed E-state index contributed by atoms with van der Waals surface area (Å²) in [5.74, 6) is 4.07. The average molecular weight is 342 g/mol. The first kappa shape index (κ1) is 16.4. The van der Waals surface area contributed by atoms with E-state index in [1.54, 1.807) is 24.0 Å². The molecule has 1 aliphatic heterocycles. The van der Waals surface area contributed by atoms with E-state index in [4.69, 9.17) is 4.42 Å². The highest BCUT2D eigenvalue weighted by Gasteiger charge is 2.36. The number of anilines is 1. The van der Waals surface area contributed by atoms with Crippen molar-refractivity contribution in [2.24, 2.45) is 13.0 Å². The molecule has 4 rings (SSSR count). The minimum atomic E-state index is -0.0302. The molecule has 25 heavy (non-hydrogen) atoms. The standard InChI is InChI=1S/C19H26N4O2/c1-13-10-16(13)17-6-5-15(25-17)11-21-14-4-3-8-23(12-14)18-19(24)22(2)9-7-20-18/h5-7,9,13-14,16,21H,3-4,8,10-12H2,1-2H3. The van der Waals surface area contributed by atoms with E-state index in [1.165, 1.54) is 6.42 Å². The van der Waals surface area contributed by atoms with E-state index in [0.717, 1.165) is 49.9 Å². The van der Waals surface area contributed by atoms with Crippen molar-refractivity contribution >= 4 is 5.82 Å². The van der Waals surface area contributed by atoms with E-state index in [2.05, 4.69) is 34.3 Å². The predicted molar refractivity (Wildman–Crippen MR) is 96.8 cm³/mol. The lowest BCUT2D eigenvalue weighted by molar-refractivity contribution is 0.384. The van der Waals surface area contributed by atoms with Gasteiger partial charge in [-0.25, -0.2) is 4.98 Å². The van der Waals surface area contributed by atoms with Crippen molar-refractivity contribution in [3.8, 4) is 0 Å². The van der Waals surface area contributed by atoms with E-state index in [0.29, 0.717) is 17.8 Å². The van der Waals surface area contributed by atoms with Gasteiger partial charge in [-0.05, 0) is 37.3 Å². The maximum absolute atomic E-state index is 12.3. The molecule has 3 atom stereocenters. The Labute approximate surface area is 147 Å². The number of furan rings is 1. The molecule has 3 unspecified atom stereocenters. The van der Waals surface area contributed by atoms with Crippen molar-refractivity contribution in [1.82, 2.24) is 14.9 Å². The quantitative estimate of drug-likeness (QED) is 0.903. The lowest BCUT2D eigenvalue weighted by Crippen LogP contribution is -2.47. The van der Waals surface area contributed by atoms with Crippen LogP contribution in [0.1, 0.15) is 43.6 Å². The van der Waals surface area contributed by atoms with Gasteiger partial charge in [0.25, 0.3) is 5.56 Å². The summed E-state index contributed by atoms with van der Waals surface area (Å²) >= 11 is 0. The van der Waals surface area contributed by atoms with Gasteiger partial charge in [-0.15, -0.1) is 0 Å². The number of hydrogen-bond acceptors (Lipinski definition) is 5. The minimum absolute atomic E-state index is 0.0302. The van der Waals surface area contributed by atoms with E-state index in [1.807, 2.05) is 0 Å². The van der Waals surface area contributed by atoms with Gasteiger partial charge in [0.15, 0.2) is 5.82 Å². The van der Waals surface area contributed by atoms with Crippen LogP contribution < -0.4 is 15.8 Å². The number of nitrogens with one attached hydrogen (secondary N) is 1. The summed E-state index contributed by atoms with van der Waals surface area (Å²) in [4.78, 5) is 18.7. The number of hydrogen-bond donors (Lipinski definition) is 1. The second kappa shape index (κ2) is 6.67. The van der Waals surface area contributed by atoms with E-state index < -0.39 is 0 Å². The Morgan fingerprint density at radius 3 is 3.04 bits per heavy atom. The van der Waals surface area contributed by atoms with Gasteiger partial charge in [0.2, 0.25) is 0 Å². The van der Waals surface area contributed by atoms with Gasteiger partial charge < -0.3 is 19.2 Å². The van der Waals surface area contributed by atoms with Crippen LogP contribution in [0.4, 0.5) is 5.82 Å². The Bertz CT molecular complexity index is 797. The second-order valence-corrected chi connectivity index (χ2v) is 7.46. The average Bonchev–Trinajstić information content (AvgIpc) is 3.16. The first-order valence-electron chi connectivity index (χ1n) is 9.20. The molecule has 1 N–H and O–H groups in total. The van der Waals surface area contributed by atoms with E-state index in [-0.39, 0.29) is 5.56 Å². The lowest BCUT2D eigenvalue weighted by Gasteiger charge is -2.33. The fraction of sp³-hybridized carbons (Fsp3) is 0.579. The number of nitrogens with zero attached hydrogens (tertiary/aromatic N) is 3. The molecular formula is C19H26N4O2. The van der Waals surface area contributed by atoms with Gasteiger partial charge in [0, 0.05) is 44.5 Å². The molecule has 1 aliphatic carbocycles. The Morgan fingerprint density at radius 2 is 2.24 bits per heavy atom. The molecule has 1 saturated heterocycles. The van der Waals surface area contributed by atoms with Crippen LogP contribution in [0.3, 0.4) is 0 Å². The van der Waals surface area contributed by atoms with Crippen LogP contribution in [0.15, 0.2) is 33.7 Å². The Kier molecular flexibility index (Phi) is 4.37. The topological polar surface area (TPSA) is 63.3 Å². The van der Waals surface area contributed by atoms with Crippen molar-refractivity contribution in [1.29, 1.82) is 0 Å². The van der Waals surface area contributed by atoms with Gasteiger partial charge in [-0.1, -0.05) is 6.92 Å². The maximum atomic E-state index is 12.3. The number of rotatable bonds is 5. The molecule has 0 radical (unpaired) electrons. The van der Waals surface area contributed by atoms with Crippen molar-refractivity contribution in [2.45, 2.75) is 44.7 Å². The molecule has 6 nitrogen and oxygen atoms in total. The third-order valence-corrected chi connectivity index (χ3v) is 5.44. The molecule has 2 aromatic rings. The monoisotopic (exact) mass is 342 g/mol. The van der Waals surface area contributed by atoms with Crippen LogP contribution in [0.5, 0.6) is 0 Å². The summed E-state index contributed by atoms with van der Waals surface area (Å²) in [5, 5.41) is 3.58. The second-order valence-electron chi connectivity index (χ2n) is 7.46. The number of aryl methyl sites for hydroxylation is 1.